The minimum absolute atomic E-state index is 0.00654. The van der Waals surface area contributed by atoms with E-state index in [2.05, 4.69) is 6.92 Å². The van der Waals surface area contributed by atoms with E-state index in [1.807, 2.05) is 43.3 Å². The van der Waals surface area contributed by atoms with Crippen molar-refractivity contribution in [2.75, 3.05) is 13.7 Å². The molecule has 0 aliphatic heterocycles. The minimum Gasteiger partial charge on any atom is -0.496 e. The molecular formula is C18H20O3. The van der Waals surface area contributed by atoms with Crippen molar-refractivity contribution >= 4 is 5.78 Å². The summed E-state index contributed by atoms with van der Waals surface area (Å²) in [5.74, 6) is 1.22. The summed E-state index contributed by atoms with van der Waals surface area (Å²) in [6, 6.07) is 13.3. The van der Waals surface area contributed by atoms with E-state index >= 15 is 0 Å². The van der Waals surface area contributed by atoms with Crippen LogP contribution in [0.1, 0.15) is 28.4 Å². The summed E-state index contributed by atoms with van der Waals surface area (Å²) in [6.07, 6.45) is 0.941. The van der Waals surface area contributed by atoms with Gasteiger partial charge in [0, 0.05) is 0 Å². The van der Waals surface area contributed by atoms with E-state index in [1.165, 1.54) is 5.56 Å². The highest BCUT2D eigenvalue weighted by molar-refractivity contribution is 5.99. The van der Waals surface area contributed by atoms with Crippen LogP contribution in [0.5, 0.6) is 11.5 Å². The third-order valence-corrected chi connectivity index (χ3v) is 3.33. The summed E-state index contributed by atoms with van der Waals surface area (Å²) in [7, 11) is 1.57. The Balaban J connectivity index is 2.08. The molecule has 2 aromatic rings. The van der Waals surface area contributed by atoms with Gasteiger partial charge < -0.3 is 9.47 Å². The zero-order chi connectivity index (χ0) is 15.2. The highest BCUT2D eigenvalue weighted by atomic mass is 16.5. The lowest BCUT2D eigenvalue weighted by molar-refractivity contribution is 0.0918. The smallest absolute Gasteiger partial charge is 0.203 e. The molecule has 0 unspecified atom stereocenters. The molecule has 3 nitrogen and oxygen atoms in total. The molecule has 110 valence electrons. The van der Waals surface area contributed by atoms with E-state index in [-0.39, 0.29) is 12.4 Å². The number of hydrogen-bond acceptors (Lipinski definition) is 3. The van der Waals surface area contributed by atoms with Crippen LogP contribution in [0.2, 0.25) is 0 Å². The third-order valence-electron chi connectivity index (χ3n) is 3.33. The molecule has 0 heterocycles. The molecule has 0 amide bonds. The fourth-order valence-electron chi connectivity index (χ4n) is 2.11. The average molecular weight is 284 g/mol. The Morgan fingerprint density at radius 1 is 1.14 bits per heavy atom. The first-order valence-electron chi connectivity index (χ1n) is 7.03. The lowest BCUT2D eigenvalue weighted by atomic mass is 10.1. The van der Waals surface area contributed by atoms with Gasteiger partial charge in [0.15, 0.2) is 6.61 Å². The number of ketones is 1. The number of Topliss-reactive ketones (excluding diaryl/α,β-unsaturated/α-hetero) is 1. The summed E-state index contributed by atoms with van der Waals surface area (Å²) < 4.78 is 10.8. The zero-order valence-corrected chi connectivity index (χ0v) is 12.7. The molecule has 0 spiro atoms. The average Bonchev–Trinajstić information content (AvgIpc) is 2.52. The highest BCUT2D eigenvalue weighted by Gasteiger charge is 2.13. The second kappa shape index (κ2) is 6.93. The number of rotatable bonds is 6. The maximum absolute atomic E-state index is 12.3. The monoisotopic (exact) mass is 284 g/mol. The highest BCUT2D eigenvalue weighted by Crippen LogP contribution is 2.21. The molecule has 0 radical (unpaired) electrons. The maximum atomic E-state index is 12.3. The lowest BCUT2D eigenvalue weighted by Gasteiger charge is -2.10. The van der Waals surface area contributed by atoms with Gasteiger partial charge in [0.05, 0.1) is 12.7 Å². The standard InChI is InChI=1S/C18H20O3/c1-4-14-6-5-7-15(11-14)21-12-17(19)16-9-8-13(2)10-18(16)20-3/h5-11H,4,12H2,1-3H3. The molecule has 0 aliphatic carbocycles. The first-order chi connectivity index (χ1) is 10.1. The van der Waals surface area contributed by atoms with Crippen LogP contribution in [0, 0.1) is 6.92 Å². The van der Waals surface area contributed by atoms with Crippen molar-refractivity contribution in [2.45, 2.75) is 20.3 Å². The fraction of sp³-hybridized carbons (Fsp3) is 0.278. The molecule has 0 atom stereocenters. The van der Waals surface area contributed by atoms with Crippen LogP contribution in [0.15, 0.2) is 42.5 Å². The van der Waals surface area contributed by atoms with Gasteiger partial charge in [-0.05, 0) is 48.7 Å². The summed E-state index contributed by atoms with van der Waals surface area (Å²) in [5, 5.41) is 0. The second-order valence-corrected chi connectivity index (χ2v) is 4.92. The zero-order valence-electron chi connectivity index (χ0n) is 12.7. The predicted molar refractivity (Wildman–Crippen MR) is 83.4 cm³/mol. The van der Waals surface area contributed by atoms with Crippen LogP contribution in [0.4, 0.5) is 0 Å². The summed E-state index contributed by atoms with van der Waals surface area (Å²) in [5.41, 5.74) is 2.79. The van der Waals surface area contributed by atoms with E-state index in [9.17, 15) is 4.79 Å². The Labute approximate surface area is 125 Å². The number of carbonyl (C=O) groups is 1. The molecule has 0 saturated carbocycles. The minimum atomic E-state index is -0.0891. The molecule has 0 aliphatic rings. The van der Waals surface area contributed by atoms with Crippen molar-refractivity contribution in [1.29, 1.82) is 0 Å². The molecule has 2 aromatic carbocycles. The van der Waals surface area contributed by atoms with E-state index in [4.69, 9.17) is 9.47 Å². The molecule has 2 rings (SSSR count). The quantitative estimate of drug-likeness (QED) is 0.756. The first kappa shape index (κ1) is 15.1. The maximum Gasteiger partial charge on any atom is 0.203 e. The van der Waals surface area contributed by atoms with E-state index in [1.54, 1.807) is 13.2 Å². The van der Waals surface area contributed by atoms with Crippen molar-refractivity contribution in [1.82, 2.24) is 0 Å². The Bertz CT molecular complexity index is 632. The summed E-state index contributed by atoms with van der Waals surface area (Å²) in [6.45, 7) is 4.05. The van der Waals surface area contributed by atoms with Crippen LogP contribution >= 0.6 is 0 Å². The van der Waals surface area contributed by atoms with Gasteiger partial charge >= 0.3 is 0 Å². The molecule has 0 N–H and O–H groups in total. The molecule has 0 saturated heterocycles. The van der Waals surface area contributed by atoms with Gasteiger partial charge in [-0.1, -0.05) is 25.1 Å². The van der Waals surface area contributed by atoms with Crippen LogP contribution in [-0.2, 0) is 6.42 Å². The number of carbonyl (C=O) groups excluding carboxylic acids is 1. The SMILES string of the molecule is CCc1cccc(OCC(=O)c2ccc(C)cc2OC)c1. The number of hydrogen-bond donors (Lipinski definition) is 0. The van der Waals surface area contributed by atoms with Crippen LogP contribution in [0.3, 0.4) is 0 Å². The summed E-state index contributed by atoms with van der Waals surface area (Å²) in [4.78, 5) is 12.3. The predicted octanol–water partition coefficient (Wildman–Crippen LogP) is 3.83. The largest absolute Gasteiger partial charge is 0.496 e. The van der Waals surface area contributed by atoms with Crippen LogP contribution < -0.4 is 9.47 Å². The number of ether oxygens (including phenoxy) is 2. The van der Waals surface area contributed by atoms with Gasteiger partial charge in [0.1, 0.15) is 11.5 Å². The molecule has 0 aromatic heterocycles. The van der Waals surface area contributed by atoms with Gasteiger partial charge in [0.25, 0.3) is 0 Å². The number of methoxy groups -OCH3 is 1. The van der Waals surface area contributed by atoms with E-state index in [0.29, 0.717) is 17.1 Å². The van der Waals surface area contributed by atoms with Crippen molar-refractivity contribution in [3.8, 4) is 11.5 Å². The first-order valence-corrected chi connectivity index (χ1v) is 7.03. The second-order valence-electron chi connectivity index (χ2n) is 4.92. The van der Waals surface area contributed by atoms with Crippen molar-refractivity contribution in [3.63, 3.8) is 0 Å². The Morgan fingerprint density at radius 3 is 2.67 bits per heavy atom. The molecular weight excluding hydrogens is 264 g/mol. The van der Waals surface area contributed by atoms with Crippen LogP contribution in [-0.4, -0.2) is 19.5 Å². The number of aryl methyl sites for hydroxylation is 2. The van der Waals surface area contributed by atoms with Gasteiger partial charge in [-0.3, -0.25) is 4.79 Å². The van der Waals surface area contributed by atoms with E-state index in [0.717, 1.165) is 12.0 Å². The Kier molecular flexibility index (Phi) is 4.99. The molecule has 0 fully saturated rings. The fourth-order valence-corrected chi connectivity index (χ4v) is 2.11. The van der Waals surface area contributed by atoms with Crippen molar-refractivity contribution in [2.24, 2.45) is 0 Å². The van der Waals surface area contributed by atoms with E-state index < -0.39 is 0 Å². The lowest BCUT2D eigenvalue weighted by Crippen LogP contribution is -2.13. The normalized spacial score (nSPS) is 10.2. The van der Waals surface area contributed by atoms with Crippen LogP contribution in [0.25, 0.3) is 0 Å². The molecule has 21 heavy (non-hydrogen) atoms. The van der Waals surface area contributed by atoms with Crippen molar-refractivity contribution in [3.05, 3.63) is 59.2 Å². The Hall–Kier alpha value is -2.29. The summed E-state index contributed by atoms with van der Waals surface area (Å²) >= 11 is 0. The van der Waals surface area contributed by atoms with Gasteiger partial charge in [-0.25, -0.2) is 0 Å². The Morgan fingerprint density at radius 2 is 1.95 bits per heavy atom. The number of benzene rings is 2. The van der Waals surface area contributed by atoms with Gasteiger partial charge in [-0.2, -0.15) is 0 Å². The molecule has 0 bridgehead atoms. The topological polar surface area (TPSA) is 35.5 Å². The van der Waals surface area contributed by atoms with Gasteiger partial charge in [-0.15, -0.1) is 0 Å². The molecule has 3 heteroatoms. The van der Waals surface area contributed by atoms with Gasteiger partial charge in [0.2, 0.25) is 5.78 Å². The third kappa shape index (κ3) is 3.85. The van der Waals surface area contributed by atoms with Crippen molar-refractivity contribution < 1.29 is 14.3 Å².